The Kier molecular flexibility index (Phi) is 5.01. The van der Waals surface area contributed by atoms with E-state index in [1.165, 1.54) is 20.2 Å². The van der Waals surface area contributed by atoms with Crippen molar-refractivity contribution in [1.82, 2.24) is 4.98 Å². The summed E-state index contributed by atoms with van der Waals surface area (Å²) in [6, 6.07) is 8.92. The van der Waals surface area contributed by atoms with Gasteiger partial charge in [0.25, 0.3) is 0 Å². The van der Waals surface area contributed by atoms with E-state index in [2.05, 4.69) is 4.98 Å². The number of hydrogen-bond acceptors (Lipinski definition) is 4. The van der Waals surface area contributed by atoms with E-state index in [4.69, 9.17) is 26.2 Å². The van der Waals surface area contributed by atoms with Crippen molar-refractivity contribution in [3.63, 3.8) is 0 Å². The maximum absolute atomic E-state index is 11.2. The van der Waals surface area contributed by atoms with Gasteiger partial charge in [-0.2, -0.15) is 0 Å². The minimum atomic E-state index is -1.21. The van der Waals surface area contributed by atoms with Crippen LogP contribution < -0.4 is 4.74 Å². The van der Waals surface area contributed by atoms with Gasteiger partial charge in [0.15, 0.2) is 0 Å². The Labute approximate surface area is 132 Å². The van der Waals surface area contributed by atoms with Crippen LogP contribution in [0.2, 0.25) is 5.02 Å². The van der Waals surface area contributed by atoms with Crippen molar-refractivity contribution in [3.05, 3.63) is 59.3 Å². The topological polar surface area (TPSA) is 68.7 Å². The Balaban J connectivity index is 2.32. The van der Waals surface area contributed by atoms with E-state index in [1.807, 2.05) is 12.1 Å². The number of rotatable bonds is 5. The molecule has 2 aromatic rings. The molecule has 0 fully saturated rings. The third-order valence-corrected chi connectivity index (χ3v) is 3.18. The highest BCUT2D eigenvalue weighted by Crippen LogP contribution is 2.25. The average molecular weight is 320 g/mol. The molecule has 6 heteroatoms. The van der Waals surface area contributed by atoms with E-state index >= 15 is 0 Å². The molecule has 0 unspecified atom stereocenters. The molecule has 0 atom stereocenters. The second-order valence-electron chi connectivity index (χ2n) is 4.41. The van der Waals surface area contributed by atoms with E-state index in [-0.39, 0.29) is 11.5 Å². The van der Waals surface area contributed by atoms with Crippen molar-refractivity contribution < 1.29 is 19.4 Å². The summed E-state index contributed by atoms with van der Waals surface area (Å²) in [5, 5.41) is 9.79. The Morgan fingerprint density at radius 3 is 2.45 bits per heavy atom. The van der Waals surface area contributed by atoms with Crippen molar-refractivity contribution in [1.29, 1.82) is 0 Å². The zero-order chi connectivity index (χ0) is 16.1. The molecule has 5 nitrogen and oxygen atoms in total. The Hall–Kier alpha value is -2.53. The molecule has 114 valence electrons. The molecule has 1 N–H and O–H groups in total. The zero-order valence-corrected chi connectivity index (χ0v) is 12.8. The molecule has 2 rings (SSSR count). The lowest BCUT2D eigenvalue weighted by Gasteiger charge is -2.10. The highest BCUT2D eigenvalue weighted by molar-refractivity contribution is 6.30. The van der Waals surface area contributed by atoms with Gasteiger partial charge in [-0.15, -0.1) is 0 Å². The summed E-state index contributed by atoms with van der Waals surface area (Å²) < 4.78 is 10.3. The monoisotopic (exact) mass is 319 g/mol. The lowest BCUT2D eigenvalue weighted by Crippen LogP contribution is -2.11. The summed E-state index contributed by atoms with van der Waals surface area (Å²) >= 11 is 5.86. The summed E-state index contributed by atoms with van der Waals surface area (Å²) in [7, 11) is 1.38. The van der Waals surface area contributed by atoms with Crippen LogP contribution in [0.3, 0.4) is 0 Å². The lowest BCUT2D eigenvalue weighted by molar-refractivity contribution is -0.135. The molecule has 0 amide bonds. The van der Waals surface area contributed by atoms with E-state index in [0.717, 1.165) is 11.1 Å². The zero-order valence-electron chi connectivity index (χ0n) is 12.0. The molecular formula is C16H14ClNO4. The molecule has 0 spiro atoms. The van der Waals surface area contributed by atoms with Crippen molar-refractivity contribution in [2.45, 2.75) is 6.92 Å². The number of benzene rings is 1. The summed E-state index contributed by atoms with van der Waals surface area (Å²) in [5.41, 5.74) is 1.68. The Morgan fingerprint density at radius 2 is 1.86 bits per heavy atom. The first-order valence-electron chi connectivity index (χ1n) is 6.38. The van der Waals surface area contributed by atoms with Crippen molar-refractivity contribution in [3.8, 4) is 16.9 Å². The van der Waals surface area contributed by atoms with Crippen LogP contribution in [0.1, 0.15) is 6.92 Å². The second-order valence-corrected chi connectivity index (χ2v) is 4.85. The number of nitrogens with zero attached hydrogens (tertiary/aromatic N) is 1. The molecule has 1 aromatic heterocycles. The summed E-state index contributed by atoms with van der Waals surface area (Å²) in [6.07, 6.45) is 3.09. The molecule has 0 aliphatic rings. The molecule has 0 aliphatic carbocycles. The lowest BCUT2D eigenvalue weighted by atomic mass is 10.1. The molecular weight excluding hydrogens is 306 g/mol. The van der Waals surface area contributed by atoms with Crippen LogP contribution in [0, 0.1) is 0 Å². The molecule has 22 heavy (non-hydrogen) atoms. The van der Waals surface area contributed by atoms with E-state index in [9.17, 15) is 4.79 Å². The van der Waals surface area contributed by atoms with Crippen LogP contribution in [0.4, 0.5) is 0 Å². The predicted molar refractivity (Wildman–Crippen MR) is 82.7 cm³/mol. The quantitative estimate of drug-likeness (QED) is 0.671. The highest BCUT2D eigenvalue weighted by atomic mass is 35.5. The number of carboxylic acid groups (broad SMARTS) is 1. The summed E-state index contributed by atoms with van der Waals surface area (Å²) in [5.74, 6) is -1.01. The van der Waals surface area contributed by atoms with Gasteiger partial charge in [0, 0.05) is 16.8 Å². The summed E-state index contributed by atoms with van der Waals surface area (Å²) in [4.78, 5) is 15.3. The Bertz CT molecular complexity index is 710. The van der Waals surface area contributed by atoms with Gasteiger partial charge in [0.05, 0.1) is 13.3 Å². The van der Waals surface area contributed by atoms with Gasteiger partial charge in [0.1, 0.15) is 11.5 Å². The number of allylic oxidation sites excluding steroid dienone is 1. The molecule has 0 bridgehead atoms. The molecule has 0 saturated heterocycles. The molecule has 1 aromatic carbocycles. The highest BCUT2D eigenvalue weighted by Gasteiger charge is 2.16. The number of carbonyl (C=O) groups is 1. The number of halogens is 1. The van der Waals surface area contributed by atoms with Gasteiger partial charge in [-0.25, -0.2) is 4.79 Å². The van der Waals surface area contributed by atoms with Gasteiger partial charge < -0.3 is 14.6 Å². The summed E-state index contributed by atoms with van der Waals surface area (Å²) in [6.45, 7) is 1.51. The molecule has 0 aliphatic heterocycles. The van der Waals surface area contributed by atoms with Crippen LogP contribution in [0.25, 0.3) is 11.1 Å². The van der Waals surface area contributed by atoms with E-state index < -0.39 is 5.97 Å². The van der Waals surface area contributed by atoms with Gasteiger partial charge >= 0.3 is 5.97 Å². The number of aliphatic carboxylic acids is 1. The average Bonchev–Trinajstić information content (AvgIpc) is 2.52. The van der Waals surface area contributed by atoms with Crippen LogP contribution in [0.5, 0.6) is 5.75 Å². The molecule has 0 radical (unpaired) electrons. The SMILES string of the molecule is COC(C)=C(Oc1cncc(-c2ccc(Cl)cc2)c1)C(=O)O. The number of hydrogen-bond donors (Lipinski definition) is 1. The van der Waals surface area contributed by atoms with Crippen molar-refractivity contribution >= 4 is 17.6 Å². The maximum atomic E-state index is 11.2. The minimum absolute atomic E-state index is 0.171. The van der Waals surface area contributed by atoms with Crippen LogP contribution in [0.15, 0.2) is 54.2 Å². The van der Waals surface area contributed by atoms with Gasteiger partial charge in [-0.05, 0) is 30.7 Å². The smallest absolute Gasteiger partial charge is 0.375 e. The number of pyridine rings is 1. The van der Waals surface area contributed by atoms with Gasteiger partial charge in [-0.3, -0.25) is 4.98 Å². The Morgan fingerprint density at radius 1 is 1.18 bits per heavy atom. The number of ether oxygens (including phenoxy) is 2. The van der Waals surface area contributed by atoms with Crippen molar-refractivity contribution in [2.75, 3.05) is 7.11 Å². The first-order chi connectivity index (χ1) is 10.5. The molecule has 0 saturated carbocycles. The third-order valence-electron chi connectivity index (χ3n) is 2.93. The van der Waals surface area contributed by atoms with E-state index in [0.29, 0.717) is 10.8 Å². The standard InChI is InChI=1S/C16H14ClNO4/c1-10(21-2)15(16(19)20)22-14-7-12(8-18-9-14)11-3-5-13(17)6-4-11/h3-9H,1-2H3,(H,19,20). The minimum Gasteiger partial charge on any atom is -0.497 e. The van der Waals surface area contributed by atoms with Crippen LogP contribution in [-0.4, -0.2) is 23.2 Å². The largest absolute Gasteiger partial charge is 0.497 e. The van der Waals surface area contributed by atoms with Gasteiger partial charge in [0.2, 0.25) is 5.76 Å². The van der Waals surface area contributed by atoms with Crippen LogP contribution in [-0.2, 0) is 9.53 Å². The fourth-order valence-corrected chi connectivity index (χ4v) is 1.88. The second kappa shape index (κ2) is 6.95. The van der Waals surface area contributed by atoms with Gasteiger partial charge in [-0.1, -0.05) is 23.7 Å². The van der Waals surface area contributed by atoms with Crippen LogP contribution >= 0.6 is 11.6 Å². The maximum Gasteiger partial charge on any atom is 0.375 e. The fraction of sp³-hybridized carbons (Fsp3) is 0.125. The first-order valence-corrected chi connectivity index (χ1v) is 6.76. The first kappa shape index (κ1) is 15.9. The number of aromatic nitrogens is 1. The number of methoxy groups -OCH3 is 1. The number of carboxylic acids is 1. The normalized spacial score (nSPS) is 11.6. The van der Waals surface area contributed by atoms with Crippen molar-refractivity contribution in [2.24, 2.45) is 0 Å². The predicted octanol–water partition coefficient (Wildman–Crippen LogP) is 3.74. The third kappa shape index (κ3) is 3.77. The fourth-order valence-electron chi connectivity index (χ4n) is 1.75. The molecule has 1 heterocycles. The van der Waals surface area contributed by atoms with E-state index in [1.54, 1.807) is 24.4 Å².